The Balaban J connectivity index is 1.56. The molecule has 202 valence electrons. The lowest BCUT2D eigenvalue weighted by molar-refractivity contribution is -0.146. The van der Waals surface area contributed by atoms with Crippen LogP contribution in [0.1, 0.15) is 36.4 Å². The minimum absolute atomic E-state index is 0.136. The summed E-state index contributed by atoms with van der Waals surface area (Å²) in [6.07, 6.45) is 0.394. The van der Waals surface area contributed by atoms with Gasteiger partial charge in [-0.1, -0.05) is 29.8 Å². The second kappa shape index (κ2) is 11.5. The summed E-state index contributed by atoms with van der Waals surface area (Å²) in [5.74, 6) is -1.67. The van der Waals surface area contributed by atoms with Crippen LogP contribution in [-0.2, 0) is 19.1 Å². The molecule has 3 aliphatic heterocycles. The van der Waals surface area contributed by atoms with Crippen LogP contribution in [0.3, 0.4) is 0 Å². The molecule has 2 fully saturated rings. The van der Waals surface area contributed by atoms with Gasteiger partial charge in [0.15, 0.2) is 10.8 Å². The third-order valence-corrected chi connectivity index (χ3v) is 8.24. The molecule has 1 aromatic heterocycles. The average molecular weight is 563 g/mol. The van der Waals surface area contributed by atoms with Crippen LogP contribution < -0.4 is 5.32 Å². The van der Waals surface area contributed by atoms with E-state index in [1.807, 2.05) is 22.4 Å². The minimum atomic E-state index is -1.38. The Morgan fingerprint density at radius 1 is 1.34 bits per heavy atom. The summed E-state index contributed by atoms with van der Waals surface area (Å²) in [7, 11) is 0. The topological polar surface area (TPSA) is 113 Å². The third-order valence-electron chi connectivity index (χ3n) is 7.12. The largest absolute Gasteiger partial charge is 0.481 e. The number of thiazole rings is 1. The summed E-state index contributed by atoms with van der Waals surface area (Å²) in [4.78, 5) is 35.9. The highest BCUT2D eigenvalue weighted by Gasteiger charge is 2.47. The molecule has 5 atom stereocenters. The molecular weight excluding hydrogens is 535 g/mol. The molecule has 1 aromatic carbocycles. The minimum Gasteiger partial charge on any atom is -0.481 e. The predicted molar refractivity (Wildman–Crippen MR) is 140 cm³/mol. The zero-order valence-corrected chi connectivity index (χ0v) is 22.3. The molecule has 9 nitrogen and oxygen atoms in total. The first-order valence-corrected chi connectivity index (χ1v) is 13.7. The molecule has 0 amide bonds. The number of aliphatic carboxylic acids is 1. The predicted octanol–water partition coefficient (Wildman–Crippen LogP) is 3.61. The summed E-state index contributed by atoms with van der Waals surface area (Å²) in [6, 6.07) is 5.57. The number of alkyl halides is 1. The zero-order chi connectivity index (χ0) is 26.8. The van der Waals surface area contributed by atoms with Gasteiger partial charge in [-0.2, -0.15) is 0 Å². The Bertz CT molecular complexity index is 1260. The van der Waals surface area contributed by atoms with Crippen molar-refractivity contribution in [3.8, 4) is 0 Å². The highest BCUT2D eigenvalue weighted by Crippen LogP contribution is 2.39. The number of ether oxygens (including phenoxy) is 2. The molecule has 4 heterocycles. The molecule has 2 aromatic rings. The fraction of sp³-hybridized carbons (Fsp3) is 0.462. The van der Waals surface area contributed by atoms with Crippen molar-refractivity contribution in [1.82, 2.24) is 15.2 Å². The summed E-state index contributed by atoms with van der Waals surface area (Å²) in [5.41, 5.74) is 1.45. The van der Waals surface area contributed by atoms with Gasteiger partial charge < -0.3 is 19.9 Å². The molecular formula is C26H28ClFN4O5S. The Kier molecular flexibility index (Phi) is 8.08. The van der Waals surface area contributed by atoms with Crippen LogP contribution in [-0.4, -0.2) is 77.4 Å². The molecule has 2 saturated heterocycles. The van der Waals surface area contributed by atoms with E-state index >= 15 is 4.39 Å². The molecule has 5 rings (SSSR count). The van der Waals surface area contributed by atoms with Gasteiger partial charge in [0.2, 0.25) is 0 Å². The maximum atomic E-state index is 15.6. The molecule has 0 radical (unpaired) electrons. The van der Waals surface area contributed by atoms with Crippen molar-refractivity contribution < 1.29 is 28.6 Å². The number of carbonyl (C=O) groups is 2. The number of morpholine rings is 1. The molecule has 0 unspecified atom stereocenters. The molecule has 0 spiro atoms. The number of aromatic nitrogens is 1. The number of nitrogens with one attached hydrogen (secondary N) is 1. The number of hydrogen-bond acceptors (Lipinski definition) is 9. The first-order valence-electron chi connectivity index (χ1n) is 12.5. The van der Waals surface area contributed by atoms with Gasteiger partial charge in [-0.05, 0) is 19.4 Å². The summed E-state index contributed by atoms with van der Waals surface area (Å²) >= 11 is 7.97. The lowest BCUT2D eigenvalue weighted by Crippen LogP contribution is -2.63. The zero-order valence-electron chi connectivity index (χ0n) is 20.7. The number of piperidine rings is 1. The maximum absolute atomic E-state index is 15.6. The van der Waals surface area contributed by atoms with E-state index in [1.165, 1.54) is 11.3 Å². The monoisotopic (exact) mass is 562 g/mol. The number of carbonyl (C=O) groups excluding carboxylic acids is 1. The van der Waals surface area contributed by atoms with Crippen LogP contribution in [0.2, 0.25) is 5.02 Å². The van der Waals surface area contributed by atoms with E-state index in [9.17, 15) is 14.7 Å². The van der Waals surface area contributed by atoms with Crippen LogP contribution in [0, 0.1) is 5.92 Å². The van der Waals surface area contributed by atoms with Crippen molar-refractivity contribution in [1.29, 1.82) is 0 Å². The van der Waals surface area contributed by atoms with E-state index in [1.54, 1.807) is 25.3 Å². The first kappa shape index (κ1) is 26.7. The molecule has 3 aliphatic rings. The van der Waals surface area contributed by atoms with Crippen LogP contribution in [0.15, 0.2) is 52.1 Å². The standard InChI is InChI=1S/C26H28ClFN4O5S/c1-2-37-26(35)21-18(11-32-15-9-14(10-20(33)34)22(28)19(32)13-36-12-15)30-24(25-29-7-8-38-25)31-23(21)16-5-3-4-6-17(16)27/h3-8,14-15,19,22-23H,2,9-13H2,1H3,(H,30,31)(H,33,34)/t14-,15-,19+,22-,23-/m0/s1. The number of amidine groups is 1. The van der Waals surface area contributed by atoms with Gasteiger partial charge in [-0.3, -0.25) is 14.7 Å². The van der Waals surface area contributed by atoms with Crippen molar-refractivity contribution >= 4 is 40.7 Å². The lowest BCUT2D eigenvalue weighted by Gasteiger charge is -2.50. The van der Waals surface area contributed by atoms with Crippen LogP contribution in [0.4, 0.5) is 4.39 Å². The highest BCUT2D eigenvalue weighted by atomic mass is 35.5. The van der Waals surface area contributed by atoms with Crippen molar-refractivity contribution in [2.45, 2.75) is 44.1 Å². The van der Waals surface area contributed by atoms with E-state index in [2.05, 4.69) is 10.3 Å². The molecule has 2 N–H and O–H groups in total. The van der Waals surface area contributed by atoms with Crippen molar-refractivity contribution in [2.75, 3.05) is 26.4 Å². The van der Waals surface area contributed by atoms with Crippen LogP contribution in [0.25, 0.3) is 0 Å². The van der Waals surface area contributed by atoms with Gasteiger partial charge in [-0.15, -0.1) is 11.3 Å². The van der Waals surface area contributed by atoms with Gasteiger partial charge in [0, 0.05) is 46.4 Å². The van der Waals surface area contributed by atoms with Crippen molar-refractivity contribution in [2.24, 2.45) is 10.9 Å². The normalized spacial score (nSPS) is 27.4. The summed E-state index contributed by atoms with van der Waals surface area (Å²) < 4.78 is 26.7. The SMILES string of the molecule is CCOC(=O)C1=C(CN2[C@@H]3COC[C@@H]2[C@@H](F)[C@H](CC(=O)O)C3)NC(c2nccs2)=N[C@H]1c1ccccc1Cl. The number of benzene rings is 1. The van der Waals surface area contributed by atoms with Crippen LogP contribution >= 0.6 is 22.9 Å². The van der Waals surface area contributed by atoms with Crippen LogP contribution in [0.5, 0.6) is 0 Å². The van der Waals surface area contributed by atoms with E-state index in [0.717, 1.165) is 0 Å². The fourth-order valence-corrected chi connectivity index (χ4v) is 6.28. The number of halogens is 2. The van der Waals surface area contributed by atoms with Gasteiger partial charge in [0.25, 0.3) is 0 Å². The Morgan fingerprint density at radius 3 is 2.87 bits per heavy atom. The van der Waals surface area contributed by atoms with Gasteiger partial charge in [0.05, 0.1) is 37.9 Å². The van der Waals surface area contributed by atoms with Crippen molar-refractivity contribution in [3.05, 3.63) is 62.7 Å². The third kappa shape index (κ3) is 5.33. The summed E-state index contributed by atoms with van der Waals surface area (Å²) in [6.45, 7) is 2.57. The number of carboxylic acids is 1. The van der Waals surface area contributed by atoms with Gasteiger partial charge in [-0.25, -0.2) is 14.2 Å². The second-order valence-electron chi connectivity index (χ2n) is 9.45. The highest BCUT2D eigenvalue weighted by molar-refractivity contribution is 7.11. The number of hydrogen-bond donors (Lipinski definition) is 2. The number of nitrogens with zero attached hydrogens (tertiary/aromatic N) is 3. The van der Waals surface area contributed by atoms with E-state index in [4.69, 9.17) is 26.1 Å². The number of esters is 1. The lowest BCUT2D eigenvalue weighted by atomic mass is 9.81. The average Bonchev–Trinajstić information content (AvgIpc) is 3.43. The van der Waals surface area contributed by atoms with E-state index in [-0.39, 0.29) is 32.2 Å². The molecule has 0 saturated carbocycles. The van der Waals surface area contributed by atoms with E-state index in [0.29, 0.717) is 45.7 Å². The van der Waals surface area contributed by atoms with E-state index < -0.39 is 36.1 Å². The first-order chi connectivity index (χ1) is 18.4. The second-order valence-corrected chi connectivity index (χ2v) is 10.7. The molecule has 0 aliphatic carbocycles. The number of aliphatic imine (C=N–C) groups is 1. The van der Waals surface area contributed by atoms with Crippen molar-refractivity contribution in [3.63, 3.8) is 0 Å². The fourth-order valence-electron chi connectivity index (χ4n) is 5.45. The number of rotatable bonds is 8. The molecule has 38 heavy (non-hydrogen) atoms. The number of fused-ring (bicyclic) bond motifs is 2. The molecule has 2 bridgehead atoms. The summed E-state index contributed by atoms with van der Waals surface area (Å²) in [5, 5.41) is 15.5. The number of carboxylic acid groups (broad SMARTS) is 1. The quantitative estimate of drug-likeness (QED) is 0.469. The Labute approximate surface area is 228 Å². The maximum Gasteiger partial charge on any atom is 0.338 e. The Hall–Kier alpha value is -2.86. The molecule has 12 heteroatoms. The van der Waals surface area contributed by atoms with Gasteiger partial charge in [0.1, 0.15) is 12.2 Å². The smallest absolute Gasteiger partial charge is 0.338 e. The van der Waals surface area contributed by atoms with Gasteiger partial charge >= 0.3 is 11.9 Å². The Morgan fingerprint density at radius 2 is 2.16 bits per heavy atom.